The van der Waals surface area contributed by atoms with Crippen LogP contribution in [0.1, 0.15) is 27.9 Å². The van der Waals surface area contributed by atoms with Crippen molar-refractivity contribution in [2.45, 2.75) is 45.6 Å². The van der Waals surface area contributed by atoms with E-state index in [0.29, 0.717) is 0 Å². The lowest BCUT2D eigenvalue weighted by Crippen LogP contribution is -2.25. The largest absolute Gasteiger partial charge is 0.490 e. The zero-order valence-corrected chi connectivity index (χ0v) is 20.5. The lowest BCUT2D eigenvalue weighted by Gasteiger charge is -2.20. The Morgan fingerprint density at radius 1 is 1.03 bits per heavy atom. The predicted octanol–water partition coefficient (Wildman–Crippen LogP) is 4.17. The van der Waals surface area contributed by atoms with Crippen molar-refractivity contribution >= 4 is 29.1 Å². The summed E-state index contributed by atoms with van der Waals surface area (Å²) < 4.78 is 63.5. The normalized spacial score (nSPS) is 13.8. The van der Waals surface area contributed by atoms with Gasteiger partial charge < -0.3 is 15.1 Å². The Kier molecular flexibility index (Phi) is 11.6. The van der Waals surface area contributed by atoms with E-state index in [1.54, 1.807) is 6.33 Å². The molecule has 0 bridgehead atoms. The van der Waals surface area contributed by atoms with Gasteiger partial charge in [0.05, 0.1) is 5.69 Å². The van der Waals surface area contributed by atoms with Crippen LogP contribution < -0.4 is 4.90 Å². The molecule has 1 aliphatic rings. The van der Waals surface area contributed by atoms with Gasteiger partial charge in [0.25, 0.3) is 0 Å². The van der Waals surface area contributed by atoms with Gasteiger partial charge in [0.2, 0.25) is 0 Å². The molecule has 3 heterocycles. The third-order valence-corrected chi connectivity index (χ3v) is 5.84. The van der Waals surface area contributed by atoms with Crippen molar-refractivity contribution in [1.82, 2.24) is 14.9 Å². The second kappa shape index (κ2) is 13.4. The molecule has 202 valence electrons. The van der Waals surface area contributed by atoms with Crippen LogP contribution in [-0.2, 0) is 29.0 Å². The van der Waals surface area contributed by atoms with Gasteiger partial charge in [-0.2, -0.15) is 26.3 Å². The fourth-order valence-corrected chi connectivity index (χ4v) is 3.92. The van der Waals surface area contributed by atoms with Crippen molar-refractivity contribution in [3.8, 4) is 0 Å². The van der Waals surface area contributed by atoms with E-state index >= 15 is 0 Å². The van der Waals surface area contributed by atoms with Crippen LogP contribution in [0.4, 0.5) is 32.2 Å². The molecule has 2 aromatic rings. The molecule has 0 unspecified atom stereocenters. The highest BCUT2D eigenvalue weighted by Gasteiger charge is 2.38. The average Bonchev–Trinajstić information content (AvgIpc) is 3.07. The number of aromatic nitrogens is 2. The molecular formula is C21H26F6N4O4S. The maximum absolute atomic E-state index is 10.6. The number of aryl methyl sites for hydroxylation is 1. The van der Waals surface area contributed by atoms with E-state index in [9.17, 15) is 26.3 Å². The van der Waals surface area contributed by atoms with Gasteiger partial charge in [0.15, 0.2) is 0 Å². The van der Waals surface area contributed by atoms with E-state index in [1.165, 1.54) is 21.0 Å². The van der Waals surface area contributed by atoms with E-state index in [0.717, 1.165) is 44.8 Å². The molecule has 0 aromatic carbocycles. The number of hydrogen-bond donors (Lipinski definition) is 2. The van der Waals surface area contributed by atoms with Gasteiger partial charge >= 0.3 is 24.3 Å². The molecule has 15 heteroatoms. The van der Waals surface area contributed by atoms with E-state index in [4.69, 9.17) is 19.8 Å². The monoisotopic (exact) mass is 544 g/mol. The molecule has 0 saturated carbocycles. The first-order valence-electron chi connectivity index (χ1n) is 10.5. The van der Waals surface area contributed by atoms with Gasteiger partial charge in [-0.25, -0.2) is 19.6 Å². The minimum Gasteiger partial charge on any atom is -0.475 e. The molecule has 2 N–H and O–H groups in total. The molecule has 8 nitrogen and oxygen atoms in total. The minimum absolute atomic E-state index is 0.974. The van der Waals surface area contributed by atoms with E-state index in [2.05, 4.69) is 52.8 Å². The van der Waals surface area contributed by atoms with Crippen molar-refractivity contribution in [2.75, 3.05) is 31.6 Å². The van der Waals surface area contributed by atoms with Crippen LogP contribution >= 0.6 is 11.3 Å². The number of nitrogens with zero attached hydrogens (tertiary/aromatic N) is 4. The number of carbonyl (C=O) groups is 2. The molecule has 0 radical (unpaired) electrons. The Balaban J connectivity index is 0.000000383. The summed E-state index contributed by atoms with van der Waals surface area (Å²) in [6.07, 6.45) is -6.38. The SMILES string of the molecule is CCN(C)c1ncnc2c1CCN(Cc1ccc(C)s1)CC2.O=C(O)C(F)(F)F.O=C(O)C(F)(F)F. The molecule has 0 saturated heterocycles. The number of hydrogen-bond acceptors (Lipinski definition) is 7. The van der Waals surface area contributed by atoms with Crippen LogP contribution in [0.3, 0.4) is 0 Å². The molecule has 0 amide bonds. The number of thiophene rings is 1. The third kappa shape index (κ3) is 10.4. The van der Waals surface area contributed by atoms with Gasteiger partial charge in [0, 0.05) is 55.0 Å². The molecular weight excluding hydrogens is 518 g/mol. The summed E-state index contributed by atoms with van der Waals surface area (Å²) in [4.78, 5) is 34.5. The van der Waals surface area contributed by atoms with Crippen LogP contribution in [0.2, 0.25) is 0 Å². The van der Waals surface area contributed by atoms with Crippen molar-refractivity contribution < 1.29 is 46.1 Å². The fourth-order valence-electron chi connectivity index (χ4n) is 2.98. The van der Waals surface area contributed by atoms with Gasteiger partial charge in [0.1, 0.15) is 12.1 Å². The van der Waals surface area contributed by atoms with Crippen LogP contribution in [0, 0.1) is 6.92 Å². The number of halogens is 6. The second-order valence-electron chi connectivity index (χ2n) is 7.53. The summed E-state index contributed by atoms with van der Waals surface area (Å²) in [6, 6.07) is 4.47. The lowest BCUT2D eigenvalue weighted by molar-refractivity contribution is -0.193. The molecule has 1 aliphatic heterocycles. The van der Waals surface area contributed by atoms with E-state index in [1.807, 2.05) is 11.3 Å². The lowest BCUT2D eigenvalue weighted by atomic mass is 10.1. The van der Waals surface area contributed by atoms with Crippen molar-refractivity contribution in [3.63, 3.8) is 0 Å². The Morgan fingerprint density at radius 2 is 1.56 bits per heavy atom. The number of aliphatic carboxylic acids is 2. The third-order valence-electron chi connectivity index (χ3n) is 4.85. The van der Waals surface area contributed by atoms with Gasteiger partial charge in [-0.15, -0.1) is 11.3 Å². The Bertz CT molecular complexity index is 989. The highest BCUT2D eigenvalue weighted by atomic mass is 32.1. The molecule has 0 spiro atoms. The zero-order valence-electron chi connectivity index (χ0n) is 19.7. The molecule has 3 rings (SSSR count). The molecule has 0 aliphatic carbocycles. The van der Waals surface area contributed by atoms with Crippen LogP contribution in [0.15, 0.2) is 18.5 Å². The first kappa shape index (κ1) is 31.1. The summed E-state index contributed by atoms with van der Waals surface area (Å²) in [5.74, 6) is -4.40. The summed E-state index contributed by atoms with van der Waals surface area (Å²) in [7, 11) is 2.11. The summed E-state index contributed by atoms with van der Waals surface area (Å²) >= 11 is 1.91. The maximum atomic E-state index is 10.6. The standard InChI is InChI=1S/C17H24N4S.2C2HF3O2/c1-4-20(3)17-15-7-9-21(10-8-16(15)18-12-19-17)11-14-6-5-13(2)22-14;2*3-2(4,5)1(6)7/h5-6,12H,4,7-11H2,1-3H3;2*(H,6,7). The quantitative estimate of drug-likeness (QED) is 0.553. The molecule has 2 aromatic heterocycles. The number of fused-ring (bicyclic) bond motifs is 1. The molecule has 0 fully saturated rings. The predicted molar refractivity (Wildman–Crippen MR) is 120 cm³/mol. The van der Waals surface area contributed by atoms with E-state index < -0.39 is 24.3 Å². The van der Waals surface area contributed by atoms with Gasteiger partial charge in [-0.1, -0.05) is 0 Å². The highest BCUT2D eigenvalue weighted by Crippen LogP contribution is 2.24. The highest BCUT2D eigenvalue weighted by molar-refractivity contribution is 7.11. The summed E-state index contributed by atoms with van der Waals surface area (Å²) in [5.41, 5.74) is 2.58. The topological polar surface area (TPSA) is 107 Å². The number of rotatable bonds is 4. The fraction of sp³-hybridized carbons (Fsp3) is 0.524. The Hall–Kier alpha value is -2.94. The Morgan fingerprint density at radius 3 is 2.00 bits per heavy atom. The first-order chi connectivity index (χ1) is 16.6. The van der Waals surface area contributed by atoms with Crippen molar-refractivity contribution in [3.05, 3.63) is 39.5 Å². The number of carboxylic acids is 2. The smallest absolute Gasteiger partial charge is 0.475 e. The van der Waals surface area contributed by atoms with Gasteiger partial charge in [-0.3, -0.25) is 4.90 Å². The Labute approximate surface area is 207 Å². The van der Waals surface area contributed by atoms with Gasteiger partial charge in [-0.05, 0) is 32.4 Å². The molecule has 0 atom stereocenters. The maximum Gasteiger partial charge on any atom is 0.490 e. The minimum atomic E-state index is -5.08. The van der Waals surface area contributed by atoms with Crippen LogP contribution in [0.25, 0.3) is 0 Å². The van der Waals surface area contributed by atoms with Crippen molar-refractivity contribution in [2.24, 2.45) is 0 Å². The second-order valence-corrected chi connectivity index (χ2v) is 8.90. The number of carboxylic acid groups (broad SMARTS) is 2. The number of alkyl halides is 6. The zero-order chi connectivity index (χ0) is 27.7. The van der Waals surface area contributed by atoms with Crippen LogP contribution in [0.5, 0.6) is 0 Å². The van der Waals surface area contributed by atoms with E-state index in [-0.39, 0.29) is 0 Å². The summed E-state index contributed by atoms with van der Waals surface area (Å²) in [5, 5.41) is 14.2. The number of anilines is 1. The molecule has 36 heavy (non-hydrogen) atoms. The average molecular weight is 545 g/mol. The van der Waals surface area contributed by atoms with Crippen LogP contribution in [-0.4, -0.2) is 76.1 Å². The summed E-state index contributed by atoms with van der Waals surface area (Å²) in [6.45, 7) is 8.53. The van der Waals surface area contributed by atoms with Crippen molar-refractivity contribution in [1.29, 1.82) is 0 Å². The first-order valence-corrected chi connectivity index (χ1v) is 11.3.